The van der Waals surface area contributed by atoms with Crippen molar-refractivity contribution >= 4 is 17.2 Å². The fourth-order valence-corrected chi connectivity index (χ4v) is 2.84. The van der Waals surface area contributed by atoms with Gasteiger partial charge < -0.3 is 5.32 Å². The van der Waals surface area contributed by atoms with Crippen LogP contribution in [0.5, 0.6) is 0 Å². The number of thiophene rings is 1. The molecule has 0 bridgehead atoms. The minimum atomic E-state index is -0.709. The highest BCUT2D eigenvalue weighted by molar-refractivity contribution is 7.11. The van der Waals surface area contributed by atoms with Gasteiger partial charge in [0.05, 0.1) is 6.07 Å². The molecule has 2 rings (SSSR count). The Bertz CT molecular complexity index is 468. The van der Waals surface area contributed by atoms with Gasteiger partial charge in [0.2, 0.25) is 5.91 Å². The zero-order valence-corrected chi connectivity index (χ0v) is 10.9. The molecule has 1 amide bonds. The smallest absolute Gasteiger partial charge is 0.240 e. The van der Waals surface area contributed by atoms with Gasteiger partial charge in [-0.05, 0) is 38.8 Å². The summed E-state index contributed by atoms with van der Waals surface area (Å²) in [6, 6.07) is 6.39. The van der Waals surface area contributed by atoms with Crippen LogP contribution < -0.4 is 5.32 Å². The van der Waals surface area contributed by atoms with Crippen LogP contribution in [-0.2, 0) is 11.2 Å². The van der Waals surface area contributed by atoms with Gasteiger partial charge in [-0.25, -0.2) is 0 Å². The predicted octanol–water partition coefficient (Wildman–Crippen LogP) is 2.41. The number of hydrogen-bond acceptors (Lipinski definition) is 3. The first-order valence-corrected chi connectivity index (χ1v) is 6.65. The van der Waals surface area contributed by atoms with Crippen molar-refractivity contribution < 1.29 is 4.79 Å². The lowest BCUT2D eigenvalue weighted by Crippen LogP contribution is -2.38. The molecular formula is C13H16N2OS. The highest BCUT2D eigenvalue weighted by Gasteiger charge is 2.50. The Hall–Kier alpha value is -1.34. The van der Waals surface area contributed by atoms with Crippen LogP contribution >= 0.6 is 11.3 Å². The molecule has 0 saturated heterocycles. The van der Waals surface area contributed by atoms with E-state index in [0.717, 1.165) is 6.42 Å². The summed E-state index contributed by atoms with van der Waals surface area (Å²) in [6.07, 6.45) is 2.26. The molecule has 1 heterocycles. The minimum Gasteiger partial charge on any atom is -0.352 e. The SMILES string of the molecule is Cc1ccc(CC(C)NC(=O)C2(C#N)CC2)s1. The Kier molecular flexibility index (Phi) is 3.21. The van der Waals surface area contributed by atoms with E-state index < -0.39 is 5.41 Å². The maximum absolute atomic E-state index is 11.8. The van der Waals surface area contributed by atoms with Gasteiger partial charge in [0.25, 0.3) is 0 Å². The molecule has 17 heavy (non-hydrogen) atoms. The molecule has 1 atom stereocenters. The van der Waals surface area contributed by atoms with E-state index >= 15 is 0 Å². The average Bonchev–Trinajstić information content (AvgIpc) is 2.98. The van der Waals surface area contributed by atoms with Gasteiger partial charge in [-0.15, -0.1) is 11.3 Å². The van der Waals surface area contributed by atoms with Crippen molar-refractivity contribution in [2.75, 3.05) is 0 Å². The van der Waals surface area contributed by atoms with Crippen LogP contribution in [0.1, 0.15) is 29.5 Å². The van der Waals surface area contributed by atoms with E-state index in [1.807, 2.05) is 6.92 Å². The molecule has 1 fully saturated rings. The van der Waals surface area contributed by atoms with Gasteiger partial charge in [0.15, 0.2) is 0 Å². The van der Waals surface area contributed by atoms with Crippen LogP contribution in [0, 0.1) is 23.7 Å². The molecule has 0 aliphatic heterocycles. The Balaban J connectivity index is 1.88. The molecule has 1 aliphatic carbocycles. The Morgan fingerprint density at radius 2 is 2.35 bits per heavy atom. The van der Waals surface area contributed by atoms with E-state index in [1.54, 1.807) is 11.3 Å². The third kappa shape index (κ3) is 2.67. The number of carbonyl (C=O) groups excluding carboxylic acids is 1. The van der Waals surface area contributed by atoms with Crippen molar-refractivity contribution in [1.29, 1.82) is 5.26 Å². The molecular weight excluding hydrogens is 232 g/mol. The lowest BCUT2D eigenvalue weighted by Gasteiger charge is -2.14. The molecule has 1 aromatic heterocycles. The predicted molar refractivity (Wildman–Crippen MR) is 67.6 cm³/mol. The van der Waals surface area contributed by atoms with E-state index in [9.17, 15) is 4.79 Å². The van der Waals surface area contributed by atoms with Crippen LogP contribution in [0.25, 0.3) is 0 Å². The summed E-state index contributed by atoms with van der Waals surface area (Å²) < 4.78 is 0. The summed E-state index contributed by atoms with van der Waals surface area (Å²) >= 11 is 1.76. The van der Waals surface area contributed by atoms with Crippen molar-refractivity contribution in [3.8, 4) is 6.07 Å². The first-order valence-electron chi connectivity index (χ1n) is 5.83. The van der Waals surface area contributed by atoms with E-state index in [0.29, 0.717) is 12.8 Å². The van der Waals surface area contributed by atoms with Gasteiger partial charge >= 0.3 is 0 Å². The van der Waals surface area contributed by atoms with Gasteiger partial charge in [-0.3, -0.25) is 4.79 Å². The number of rotatable bonds is 4. The van der Waals surface area contributed by atoms with E-state index in [2.05, 4.69) is 30.4 Å². The van der Waals surface area contributed by atoms with Crippen LogP contribution in [0.15, 0.2) is 12.1 Å². The van der Waals surface area contributed by atoms with Crippen molar-refractivity contribution in [2.45, 2.75) is 39.2 Å². The van der Waals surface area contributed by atoms with Crippen LogP contribution in [0.2, 0.25) is 0 Å². The second-order valence-electron chi connectivity index (χ2n) is 4.78. The zero-order chi connectivity index (χ0) is 12.5. The minimum absolute atomic E-state index is 0.0892. The van der Waals surface area contributed by atoms with Crippen molar-refractivity contribution in [3.05, 3.63) is 21.9 Å². The zero-order valence-electron chi connectivity index (χ0n) is 10.1. The lowest BCUT2D eigenvalue weighted by molar-refractivity contribution is -0.125. The molecule has 1 aliphatic rings. The van der Waals surface area contributed by atoms with E-state index in [-0.39, 0.29) is 11.9 Å². The lowest BCUT2D eigenvalue weighted by atomic mass is 10.1. The van der Waals surface area contributed by atoms with Crippen LogP contribution in [0.4, 0.5) is 0 Å². The molecule has 90 valence electrons. The average molecular weight is 248 g/mol. The molecule has 0 spiro atoms. The van der Waals surface area contributed by atoms with Crippen molar-refractivity contribution in [2.24, 2.45) is 5.41 Å². The van der Waals surface area contributed by atoms with Crippen LogP contribution in [-0.4, -0.2) is 11.9 Å². The number of hydrogen-bond donors (Lipinski definition) is 1. The Morgan fingerprint density at radius 3 is 2.82 bits per heavy atom. The number of aryl methyl sites for hydroxylation is 1. The number of carbonyl (C=O) groups is 1. The maximum atomic E-state index is 11.8. The van der Waals surface area contributed by atoms with Crippen LogP contribution in [0.3, 0.4) is 0 Å². The van der Waals surface area contributed by atoms with Gasteiger partial charge in [0.1, 0.15) is 5.41 Å². The fourth-order valence-electron chi connectivity index (χ4n) is 1.82. The standard InChI is InChI=1S/C13H16N2OS/c1-9(7-11-4-3-10(2)17-11)15-12(16)13(8-14)5-6-13/h3-4,9H,5-7H2,1-2H3,(H,15,16). The summed E-state index contributed by atoms with van der Waals surface area (Å²) in [5, 5.41) is 11.9. The number of nitriles is 1. The quantitative estimate of drug-likeness (QED) is 0.889. The highest BCUT2D eigenvalue weighted by atomic mass is 32.1. The first-order chi connectivity index (χ1) is 8.05. The Labute approximate surface area is 105 Å². The summed E-state index contributed by atoms with van der Waals surface area (Å²) in [7, 11) is 0. The topological polar surface area (TPSA) is 52.9 Å². The molecule has 0 aromatic carbocycles. The van der Waals surface area contributed by atoms with Gasteiger partial charge in [0, 0.05) is 22.2 Å². The van der Waals surface area contributed by atoms with Gasteiger partial charge in [-0.2, -0.15) is 5.26 Å². The first kappa shape index (κ1) is 12.1. The summed E-state index contributed by atoms with van der Waals surface area (Å²) in [4.78, 5) is 14.4. The molecule has 1 N–H and O–H groups in total. The number of amides is 1. The normalized spacial score (nSPS) is 18.2. The summed E-state index contributed by atoms with van der Waals surface area (Å²) in [6.45, 7) is 4.06. The summed E-state index contributed by atoms with van der Waals surface area (Å²) in [5.41, 5.74) is -0.709. The summed E-state index contributed by atoms with van der Waals surface area (Å²) in [5.74, 6) is -0.0965. The molecule has 1 aromatic rings. The second-order valence-corrected chi connectivity index (χ2v) is 6.16. The largest absolute Gasteiger partial charge is 0.352 e. The van der Waals surface area contributed by atoms with E-state index in [1.165, 1.54) is 9.75 Å². The number of nitrogens with one attached hydrogen (secondary N) is 1. The maximum Gasteiger partial charge on any atom is 0.240 e. The third-order valence-corrected chi connectivity index (χ3v) is 4.10. The monoisotopic (exact) mass is 248 g/mol. The second kappa shape index (κ2) is 4.50. The molecule has 4 heteroatoms. The van der Waals surface area contributed by atoms with Crippen molar-refractivity contribution in [3.63, 3.8) is 0 Å². The van der Waals surface area contributed by atoms with E-state index in [4.69, 9.17) is 5.26 Å². The van der Waals surface area contributed by atoms with Gasteiger partial charge in [-0.1, -0.05) is 0 Å². The highest BCUT2D eigenvalue weighted by Crippen LogP contribution is 2.45. The number of nitrogens with zero attached hydrogens (tertiary/aromatic N) is 1. The molecule has 3 nitrogen and oxygen atoms in total. The molecule has 1 saturated carbocycles. The molecule has 1 unspecified atom stereocenters. The molecule has 0 radical (unpaired) electrons. The fraction of sp³-hybridized carbons (Fsp3) is 0.538. The van der Waals surface area contributed by atoms with Crippen molar-refractivity contribution in [1.82, 2.24) is 5.32 Å². The third-order valence-electron chi connectivity index (χ3n) is 3.08. The Morgan fingerprint density at radius 1 is 1.65 bits per heavy atom.